The van der Waals surface area contributed by atoms with E-state index in [4.69, 9.17) is 9.47 Å². The predicted octanol–water partition coefficient (Wildman–Crippen LogP) is 1.98. The number of carbonyl (C=O) groups excluding carboxylic acids is 1. The molecule has 1 fully saturated rings. The lowest BCUT2D eigenvalue weighted by Crippen LogP contribution is -2.34. The lowest BCUT2D eigenvalue weighted by molar-refractivity contribution is -0.152. The second-order valence-corrected chi connectivity index (χ2v) is 5.25. The quantitative estimate of drug-likeness (QED) is 0.708. The average molecular weight is 257 g/mol. The third-order valence-electron chi connectivity index (χ3n) is 3.52. The zero-order valence-electron chi connectivity index (χ0n) is 11.9. The summed E-state index contributed by atoms with van der Waals surface area (Å²) in [5.74, 6) is 0.901. The van der Waals surface area contributed by atoms with Gasteiger partial charge in [-0.15, -0.1) is 0 Å². The summed E-state index contributed by atoms with van der Waals surface area (Å²) in [6, 6.07) is 0. The number of carbonyl (C=O) groups is 1. The standard InChI is InChI=1S/C14H27NO3/c1-4-17-10-12(3)18-14(16)8-11(2)13-6-5-7-15-9-13/h11-13,15H,4-10H2,1-3H3. The van der Waals surface area contributed by atoms with Crippen LogP contribution in [0.15, 0.2) is 0 Å². The van der Waals surface area contributed by atoms with Crippen LogP contribution in [-0.4, -0.2) is 38.4 Å². The smallest absolute Gasteiger partial charge is 0.306 e. The molecule has 0 amide bonds. The molecular formula is C14H27NO3. The van der Waals surface area contributed by atoms with Gasteiger partial charge in [-0.25, -0.2) is 0 Å². The van der Waals surface area contributed by atoms with E-state index in [-0.39, 0.29) is 12.1 Å². The van der Waals surface area contributed by atoms with E-state index in [2.05, 4.69) is 12.2 Å². The minimum atomic E-state index is -0.144. The van der Waals surface area contributed by atoms with Gasteiger partial charge in [-0.05, 0) is 51.6 Å². The first-order valence-electron chi connectivity index (χ1n) is 7.11. The topological polar surface area (TPSA) is 47.6 Å². The van der Waals surface area contributed by atoms with E-state index in [9.17, 15) is 4.79 Å². The molecule has 0 aromatic carbocycles. The van der Waals surface area contributed by atoms with Crippen molar-refractivity contribution in [3.05, 3.63) is 0 Å². The molecule has 1 aliphatic rings. The molecule has 1 saturated heterocycles. The van der Waals surface area contributed by atoms with Crippen molar-refractivity contribution < 1.29 is 14.3 Å². The molecule has 4 heteroatoms. The van der Waals surface area contributed by atoms with Gasteiger partial charge < -0.3 is 14.8 Å². The van der Waals surface area contributed by atoms with E-state index < -0.39 is 0 Å². The Balaban J connectivity index is 2.21. The van der Waals surface area contributed by atoms with Gasteiger partial charge in [0.15, 0.2) is 0 Å². The number of esters is 1. The Bertz CT molecular complexity index is 239. The SMILES string of the molecule is CCOCC(C)OC(=O)CC(C)C1CCCNC1. The molecule has 0 radical (unpaired) electrons. The summed E-state index contributed by atoms with van der Waals surface area (Å²) in [6.45, 7) is 9.24. The van der Waals surface area contributed by atoms with Gasteiger partial charge in [0, 0.05) is 13.0 Å². The molecule has 0 aliphatic carbocycles. The van der Waals surface area contributed by atoms with Crippen LogP contribution in [0.3, 0.4) is 0 Å². The Hall–Kier alpha value is -0.610. The number of rotatable bonds is 7. The molecule has 18 heavy (non-hydrogen) atoms. The van der Waals surface area contributed by atoms with Crippen molar-refractivity contribution in [2.45, 2.75) is 46.1 Å². The van der Waals surface area contributed by atoms with Gasteiger partial charge >= 0.3 is 5.97 Å². The van der Waals surface area contributed by atoms with Gasteiger partial charge in [-0.2, -0.15) is 0 Å². The van der Waals surface area contributed by atoms with Crippen LogP contribution >= 0.6 is 0 Å². The van der Waals surface area contributed by atoms with Gasteiger partial charge in [0.1, 0.15) is 6.10 Å². The van der Waals surface area contributed by atoms with Gasteiger partial charge in [-0.3, -0.25) is 4.79 Å². The molecule has 0 aromatic heterocycles. The van der Waals surface area contributed by atoms with E-state index in [1.54, 1.807) is 0 Å². The summed E-state index contributed by atoms with van der Waals surface area (Å²) >= 11 is 0. The van der Waals surface area contributed by atoms with E-state index in [0.717, 1.165) is 13.1 Å². The zero-order valence-corrected chi connectivity index (χ0v) is 11.9. The molecule has 4 nitrogen and oxygen atoms in total. The maximum absolute atomic E-state index is 11.8. The molecule has 1 N–H and O–H groups in total. The molecule has 0 spiro atoms. The molecule has 106 valence electrons. The first-order valence-corrected chi connectivity index (χ1v) is 7.11. The zero-order chi connectivity index (χ0) is 13.4. The maximum atomic E-state index is 11.8. The van der Waals surface area contributed by atoms with Crippen LogP contribution in [0, 0.1) is 11.8 Å². The minimum Gasteiger partial charge on any atom is -0.460 e. The summed E-state index contributed by atoms with van der Waals surface area (Å²) in [5.41, 5.74) is 0. The van der Waals surface area contributed by atoms with Crippen LogP contribution < -0.4 is 5.32 Å². The maximum Gasteiger partial charge on any atom is 0.306 e. The normalized spacial score (nSPS) is 23.4. The molecule has 1 heterocycles. The largest absolute Gasteiger partial charge is 0.460 e. The van der Waals surface area contributed by atoms with Crippen molar-refractivity contribution >= 4 is 5.97 Å². The Kier molecular flexibility index (Phi) is 7.28. The summed E-state index contributed by atoms with van der Waals surface area (Å²) < 4.78 is 10.6. The highest BCUT2D eigenvalue weighted by Crippen LogP contribution is 2.22. The molecule has 0 aromatic rings. The van der Waals surface area contributed by atoms with Crippen LogP contribution in [0.2, 0.25) is 0 Å². The average Bonchev–Trinajstić information content (AvgIpc) is 2.37. The van der Waals surface area contributed by atoms with Crippen molar-refractivity contribution in [3.63, 3.8) is 0 Å². The van der Waals surface area contributed by atoms with Crippen molar-refractivity contribution in [2.75, 3.05) is 26.3 Å². The van der Waals surface area contributed by atoms with Crippen LogP contribution in [0.4, 0.5) is 0 Å². The van der Waals surface area contributed by atoms with E-state index in [1.807, 2.05) is 13.8 Å². The van der Waals surface area contributed by atoms with E-state index in [0.29, 0.717) is 31.5 Å². The van der Waals surface area contributed by atoms with Crippen LogP contribution in [0.5, 0.6) is 0 Å². The number of hydrogen-bond donors (Lipinski definition) is 1. The van der Waals surface area contributed by atoms with Crippen molar-refractivity contribution in [1.82, 2.24) is 5.32 Å². The molecular weight excluding hydrogens is 230 g/mol. The minimum absolute atomic E-state index is 0.0970. The molecule has 1 aliphatic heterocycles. The van der Waals surface area contributed by atoms with E-state index in [1.165, 1.54) is 12.8 Å². The summed E-state index contributed by atoms with van der Waals surface area (Å²) in [7, 11) is 0. The summed E-state index contributed by atoms with van der Waals surface area (Å²) in [5, 5.41) is 3.39. The first kappa shape index (κ1) is 15.4. The van der Waals surface area contributed by atoms with Crippen LogP contribution in [-0.2, 0) is 14.3 Å². The predicted molar refractivity (Wildman–Crippen MR) is 71.4 cm³/mol. The molecule has 0 saturated carbocycles. The molecule has 0 bridgehead atoms. The fourth-order valence-corrected chi connectivity index (χ4v) is 2.38. The fraction of sp³-hybridized carbons (Fsp3) is 0.929. The fourth-order valence-electron chi connectivity index (χ4n) is 2.38. The number of nitrogens with one attached hydrogen (secondary N) is 1. The van der Waals surface area contributed by atoms with Gasteiger partial charge in [-0.1, -0.05) is 6.92 Å². The lowest BCUT2D eigenvalue weighted by atomic mass is 9.85. The highest BCUT2D eigenvalue weighted by Gasteiger charge is 2.23. The number of hydrogen-bond acceptors (Lipinski definition) is 4. The summed E-state index contributed by atoms with van der Waals surface area (Å²) in [4.78, 5) is 11.8. The first-order chi connectivity index (χ1) is 8.63. The molecule has 1 rings (SSSR count). The van der Waals surface area contributed by atoms with Gasteiger partial charge in [0.2, 0.25) is 0 Å². The molecule has 3 atom stereocenters. The van der Waals surface area contributed by atoms with Crippen molar-refractivity contribution in [2.24, 2.45) is 11.8 Å². The Labute approximate surface area is 110 Å². The van der Waals surface area contributed by atoms with Crippen molar-refractivity contribution in [1.29, 1.82) is 0 Å². The summed E-state index contributed by atoms with van der Waals surface area (Å²) in [6.07, 6.45) is 2.80. The highest BCUT2D eigenvalue weighted by molar-refractivity contribution is 5.69. The van der Waals surface area contributed by atoms with Crippen molar-refractivity contribution in [3.8, 4) is 0 Å². The number of ether oxygens (including phenoxy) is 2. The Morgan fingerprint density at radius 3 is 2.83 bits per heavy atom. The number of piperidine rings is 1. The molecule has 3 unspecified atom stereocenters. The third-order valence-corrected chi connectivity index (χ3v) is 3.52. The van der Waals surface area contributed by atoms with Crippen LogP contribution in [0.25, 0.3) is 0 Å². The van der Waals surface area contributed by atoms with E-state index >= 15 is 0 Å². The highest BCUT2D eigenvalue weighted by atomic mass is 16.6. The Morgan fingerprint density at radius 1 is 1.44 bits per heavy atom. The third kappa shape index (κ3) is 5.83. The monoisotopic (exact) mass is 257 g/mol. The lowest BCUT2D eigenvalue weighted by Gasteiger charge is -2.28. The van der Waals surface area contributed by atoms with Gasteiger partial charge in [0.25, 0.3) is 0 Å². The Morgan fingerprint density at radius 2 is 2.22 bits per heavy atom. The van der Waals surface area contributed by atoms with Gasteiger partial charge in [0.05, 0.1) is 6.61 Å². The second kappa shape index (κ2) is 8.48. The van der Waals surface area contributed by atoms with Crippen LogP contribution in [0.1, 0.15) is 40.0 Å². The second-order valence-electron chi connectivity index (χ2n) is 5.25.